The fourth-order valence-corrected chi connectivity index (χ4v) is 4.53. The minimum absolute atomic E-state index is 0.629. The average Bonchev–Trinajstić information content (AvgIpc) is 3.10. The fraction of sp³-hybridized carbons (Fsp3) is 0.188. The molecule has 0 aliphatic carbocycles. The van der Waals surface area contributed by atoms with E-state index in [4.69, 9.17) is 0 Å². The second-order valence-electron chi connectivity index (χ2n) is 4.97. The first kappa shape index (κ1) is 12.2. The van der Waals surface area contributed by atoms with Gasteiger partial charge in [0.15, 0.2) is 0 Å². The summed E-state index contributed by atoms with van der Waals surface area (Å²) >= 11 is 3.68. The Morgan fingerprint density at radius 2 is 2.15 bits per heavy atom. The highest BCUT2D eigenvalue weighted by Crippen LogP contribution is 2.36. The maximum Gasteiger partial charge on any atom is 0.0813 e. The number of rotatable bonds is 3. The van der Waals surface area contributed by atoms with Gasteiger partial charge in [-0.05, 0) is 36.2 Å². The van der Waals surface area contributed by atoms with Crippen LogP contribution in [-0.4, -0.2) is 16.8 Å². The van der Waals surface area contributed by atoms with Gasteiger partial charge in [-0.25, -0.2) is 4.98 Å². The van der Waals surface area contributed by atoms with Crippen LogP contribution in [0.3, 0.4) is 0 Å². The van der Waals surface area contributed by atoms with Crippen LogP contribution in [0.15, 0.2) is 52.9 Å². The van der Waals surface area contributed by atoms with E-state index < -0.39 is 0 Å². The van der Waals surface area contributed by atoms with E-state index in [9.17, 15) is 0 Å². The largest absolute Gasteiger partial charge is 0.384 e. The van der Waals surface area contributed by atoms with Gasteiger partial charge in [-0.3, -0.25) is 0 Å². The highest BCUT2D eigenvalue weighted by molar-refractivity contribution is 8.00. The zero-order valence-electron chi connectivity index (χ0n) is 10.9. The van der Waals surface area contributed by atoms with Crippen molar-refractivity contribution in [3.8, 4) is 0 Å². The highest BCUT2D eigenvalue weighted by atomic mass is 32.2. The lowest BCUT2D eigenvalue weighted by Crippen LogP contribution is -2.15. The van der Waals surface area contributed by atoms with Gasteiger partial charge in [0.25, 0.3) is 0 Å². The van der Waals surface area contributed by atoms with Crippen LogP contribution in [0.2, 0.25) is 0 Å². The first-order chi connectivity index (χ1) is 9.88. The van der Waals surface area contributed by atoms with Crippen molar-refractivity contribution in [2.75, 3.05) is 11.9 Å². The van der Waals surface area contributed by atoms with Gasteiger partial charge in [-0.1, -0.05) is 18.2 Å². The predicted molar refractivity (Wildman–Crippen MR) is 87.9 cm³/mol. The van der Waals surface area contributed by atoms with Crippen molar-refractivity contribution in [3.63, 3.8) is 0 Å². The molecule has 1 atom stereocenters. The third-order valence-corrected chi connectivity index (χ3v) is 5.69. The van der Waals surface area contributed by atoms with Crippen LogP contribution in [-0.2, 0) is 6.42 Å². The molecule has 1 aromatic heterocycles. The van der Waals surface area contributed by atoms with Crippen molar-refractivity contribution in [2.45, 2.75) is 16.6 Å². The fourth-order valence-electron chi connectivity index (χ4n) is 2.56. The number of thioether (sulfide) groups is 1. The summed E-state index contributed by atoms with van der Waals surface area (Å²) in [4.78, 5) is 5.75. The number of nitrogens with one attached hydrogen (secondary N) is 1. The normalized spacial score (nSPS) is 17.3. The SMILES string of the molecule is c1ccc2c(c1)CC(CNc1ccc3ncsc3c1)S2. The van der Waals surface area contributed by atoms with Gasteiger partial charge in [-0.15, -0.1) is 23.1 Å². The lowest BCUT2D eigenvalue weighted by molar-refractivity contribution is 0.899. The van der Waals surface area contributed by atoms with E-state index in [0.29, 0.717) is 5.25 Å². The molecule has 2 aromatic carbocycles. The first-order valence-electron chi connectivity index (χ1n) is 6.70. The molecule has 1 unspecified atom stereocenters. The average molecular weight is 298 g/mol. The molecule has 0 saturated carbocycles. The molecule has 1 aliphatic rings. The van der Waals surface area contributed by atoms with Crippen molar-refractivity contribution < 1.29 is 0 Å². The van der Waals surface area contributed by atoms with Crippen LogP contribution >= 0.6 is 23.1 Å². The van der Waals surface area contributed by atoms with E-state index >= 15 is 0 Å². The van der Waals surface area contributed by atoms with Crippen LogP contribution in [0, 0.1) is 0 Å². The second-order valence-corrected chi connectivity index (χ2v) is 7.20. The smallest absolute Gasteiger partial charge is 0.0813 e. The summed E-state index contributed by atoms with van der Waals surface area (Å²) in [6, 6.07) is 15.1. The number of nitrogens with zero attached hydrogens (tertiary/aromatic N) is 1. The standard InChI is InChI=1S/C16H14N2S2/c1-2-4-15-11(3-1)7-13(20-15)9-17-12-5-6-14-16(8-12)19-10-18-14/h1-6,8,10,13,17H,7,9H2. The van der Waals surface area contributed by atoms with E-state index in [-0.39, 0.29) is 0 Å². The van der Waals surface area contributed by atoms with Gasteiger partial charge < -0.3 is 5.32 Å². The third-order valence-electron chi connectivity index (χ3n) is 3.58. The molecular weight excluding hydrogens is 284 g/mol. The molecule has 0 bridgehead atoms. The summed E-state index contributed by atoms with van der Waals surface area (Å²) in [5.41, 5.74) is 5.67. The molecule has 2 nitrogen and oxygen atoms in total. The van der Waals surface area contributed by atoms with Crippen LogP contribution < -0.4 is 5.32 Å². The molecule has 0 radical (unpaired) electrons. The van der Waals surface area contributed by atoms with Crippen molar-refractivity contribution in [2.24, 2.45) is 0 Å². The number of anilines is 1. The Morgan fingerprint density at radius 1 is 1.20 bits per heavy atom. The number of fused-ring (bicyclic) bond motifs is 2. The van der Waals surface area contributed by atoms with Crippen LogP contribution in [0.4, 0.5) is 5.69 Å². The van der Waals surface area contributed by atoms with Gasteiger partial charge in [0, 0.05) is 22.4 Å². The van der Waals surface area contributed by atoms with E-state index in [2.05, 4.69) is 52.8 Å². The summed E-state index contributed by atoms with van der Waals surface area (Å²) in [6.07, 6.45) is 1.16. The van der Waals surface area contributed by atoms with Gasteiger partial charge in [-0.2, -0.15) is 0 Å². The molecule has 1 N–H and O–H groups in total. The Hall–Kier alpha value is -1.52. The summed E-state index contributed by atoms with van der Waals surface area (Å²) in [7, 11) is 0. The van der Waals surface area contributed by atoms with Gasteiger partial charge in [0.2, 0.25) is 0 Å². The topological polar surface area (TPSA) is 24.9 Å². The van der Waals surface area contributed by atoms with Crippen molar-refractivity contribution in [1.82, 2.24) is 4.98 Å². The summed E-state index contributed by atoms with van der Waals surface area (Å²) < 4.78 is 1.25. The molecule has 3 aromatic rings. The Kier molecular flexibility index (Phi) is 3.13. The summed E-state index contributed by atoms with van der Waals surface area (Å²) in [5, 5.41) is 4.19. The minimum Gasteiger partial charge on any atom is -0.384 e. The number of aromatic nitrogens is 1. The number of benzene rings is 2. The predicted octanol–water partition coefficient (Wildman–Crippen LogP) is 4.43. The van der Waals surface area contributed by atoms with Crippen LogP contribution in [0.1, 0.15) is 5.56 Å². The van der Waals surface area contributed by atoms with Gasteiger partial charge >= 0.3 is 0 Å². The number of thiazole rings is 1. The van der Waals surface area contributed by atoms with E-state index in [1.54, 1.807) is 11.3 Å². The van der Waals surface area contributed by atoms with Crippen molar-refractivity contribution >= 4 is 39.0 Å². The highest BCUT2D eigenvalue weighted by Gasteiger charge is 2.21. The molecule has 1 aliphatic heterocycles. The molecule has 100 valence electrons. The molecule has 0 spiro atoms. The lowest BCUT2D eigenvalue weighted by atomic mass is 10.1. The Balaban J connectivity index is 1.44. The monoisotopic (exact) mass is 298 g/mol. The molecule has 4 heteroatoms. The zero-order valence-corrected chi connectivity index (χ0v) is 12.5. The number of hydrogen-bond donors (Lipinski definition) is 1. The Morgan fingerprint density at radius 3 is 3.10 bits per heavy atom. The minimum atomic E-state index is 0.629. The first-order valence-corrected chi connectivity index (χ1v) is 8.46. The summed E-state index contributed by atoms with van der Waals surface area (Å²) in [5.74, 6) is 0. The third kappa shape index (κ3) is 2.30. The van der Waals surface area contributed by atoms with Crippen molar-refractivity contribution in [1.29, 1.82) is 0 Å². The quantitative estimate of drug-likeness (QED) is 0.774. The molecule has 20 heavy (non-hydrogen) atoms. The zero-order chi connectivity index (χ0) is 13.4. The van der Waals surface area contributed by atoms with Gasteiger partial charge in [0.05, 0.1) is 15.7 Å². The maximum absolute atomic E-state index is 4.31. The molecule has 0 fully saturated rings. The number of hydrogen-bond acceptors (Lipinski definition) is 4. The Bertz CT molecular complexity index is 726. The Labute approximate surface area is 126 Å². The molecule has 0 saturated heterocycles. The molecule has 2 heterocycles. The maximum atomic E-state index is 4.31. The van der Waals surface area contributed by atoms with E-state index in [0.717, 1.165) is 18.5 Å². The summed E-state index contributed by atoms with van der Waals surface area (Å²) in [6.45, 7) is 1.00. The van der Waals surface area contributed by atoms with E-state index in [1.165, 1.54) is 20.8 Å². The molecular formula is C16H14N2S2. The van der Waals surface area contributed by atoms with Crippen molar-refractivity contribution in [3.05, 3.63) is 53.5 Å². The van der Waals surface area contributed by atoms with Crippen LogP contribution in [0.25, 0.3) is 10.2 Å². The lowest BCUT2D eigenvalue weighted by Gasteiger charge is -2.11. The van der Waals surface area contributed by atoms with E-state index in [1.807, 2.05) is 17.3 Å². The van der Waals surface area contributed by atoms with Crippen LogP contribution in [0.5, 0.6) is 0 Å². The van der Waals surface area contributed by atoms with Gasteiger partial charge in [0.1, 0.15) is 0 Å². The molecule has 4 rings (SSSR count). The molecule has 0 amide bonds. The second kappa shape index (κ2) is 5.11.